The second kappa shape index (κ2) is 2.84. The molecule has 1 heterocycles. The Morgan fingerprint density at radius 3 is 2.27 bits per heavy atom. The van der Waals surface area contributed by atoms with Gasteiger partial charge < -0.3 is 15.5 Å². The van der Waals surface area contributed by atoms with Crippen molar-refractivity contribution >= 4 is 34.8 Å². The molecule has 0 atom stereocenters. The van der Waals surface area contributed by atoms with Crippen molar-refractivity contribution in [3.8, 4) is 0 Å². The van der Waals surface area contributed by atoms with Crippen molar-refractivity contribution in [1.82, 2.24) is 5.32 Å². The first-order chi connectivity index (χ1) is 4.93. The van der Waals surface area contributed by atoms with Crippen LogP contribution < -0.4 is 5.32 Å². The number of nitrogens with one attached hydrogen (secondary N) is 1. The van der Waals surface area contributed by atoms with E-state index in [0.717, 1.165) is 6.08 Å². The van der Waals surface area contributed by atoms with Crippen LogP contribution in [0, 0.1) is 0 Å². The fourth-order valence-electron chi connectivity index (χ4n) is 0.548. The van der Waals surface area contributed by atoms with Gasteiger partial charge in [-0.3, -0.25) is 0 Å². The second-order valence-electron chi connectivity index (χ2n) is 1.95. The fourth-order valence-corrected chi connectivity index (χ4v) is 1.10. The lowest BCUT2D eigenvalue weighted by Crippen LogP contribution is -2.45. The van der Waals surface area contributed by atoms with Crippen LogP contribution >= 0.6 is 34.8 Å². The minimum atomic E-state index is -2.31. The third-order valence-electron chi connectivity index (χ3n) is 1.08. The minimum absolute atomic E-state index is 0.0546. The molecule has 0 radical (unpaired) electrons. The molecule has 6 heteroatoms. The highest BCUT2D eigenvalue weighted by molar-refractivity contribution is 6.41. The van der Waals surface area contributed by atoms with Gasteiger partial charge in [0, 0.05) is 0 Å². The fraction of sp³-hybridized carbons (Fsp3) is 0.200. The van der Waals surface area contributed by atoms with E-state index in [9.17, 15) is 0 Å². The van der Waals surface area contributed by atoms with Crippen LogP contribution in [0.5, 0.6) is 0 Å². The van der Waals surface area contributed by atoms with Crippen molar-refractivity contribution in [1.29, 1.82) is 0 Å². The Hall–Kier alpha value is 0.0700. The van der Waals surface area contributed by atoms with Gasteiger partial charge in [0.15, 0.2) is 0 Å². The van der Waals surface area contributed by atoms with Crippen LogP contribution in [-0.2, 0) is 0 Å². The standard InChI is InChI=1S/C5H4Cl3NO2/c6-2-1-3(7)5(10,11)9-4(2)8/h1,9-11H. The summed E-state index contributed by atoms with van der Waals surface area (Å²) in [4.78, 5) is 0. The summed E-state index contributed by atoms with van der Waals surface area (Å²) in [5.41, 5.74) is 0. The van der Waals surface area contributed by atoms with Gasteiger partial charge in [0.2, 0.25) is 0 Å². The zero-order chi connectivity index (χ0) is 8.65. The van der Waals surface area contributed by atoms with Gasteiger partial charge in [-0.25, -0.2) is 0 Å². The number of rotatable bonds is 0. The molecule has 11 heavy (non-hydrogen) atoms. The Bertz CT molecular complexity index is 246. The molecule has 62 valence electrons. The maximum absolute atomic E-state index is 9.00. The first-order valence-corrected chi connectivity index (χ1v) is 3.73. The minimum Gasteiger partial charge on any atom is -0.344 e. The third kappa shape index (κ3) is 1.80. The largest absolute Gasteiger partial charge is 0.344 e. The summed E-state index contributed by atoms with van der Waals surface area (Å²) in [6, 6.07) is 0. The molecule has 0 saturated heterocycles. The van der Waals surface area contributed by atoms with Crippen molar-refractivity contribution in [2.24, 2.45) is 0 Å². The highest BCUT2D eigenvalue weighted by Crippen LogP contribution is 2.28. The quantitative estimate of drug-likeness (QED) is 0.418. The lowest BCUT2D eigenvalue weighted by molar-refractivity contribution is -0.140. The molecule has 0 saturated carbocycles. The molecule has 0 spiro atoms. The summed E-state index contributed by atoms with van der Waals surface area (Å²) >= 11 is 16.3. The maximum atomic E-state index is 9.00. The van der Waals surface area contributed by atoms with Crippen LogP contribution in [0.2, 0.25) is 0 Å². The van der Waals surface area contributed by atoms with Crippen LogP contribution in [0.1, 0.15) is 0 Å². The normalized spacial score (nSPS) is 22.8. The molecule has 0 bridgehead atoms. The molecule has 0 fully saturated rings. The van der Waals surface area contributed by atoms with E-state index in [1.807, 2.05) is 0 Å². The number of allylic oxidation sites excluding steroid dienone is 2. The molecule has 0 amide bonds. The molecule has 1 aliphatic heterocycles. The second-order valence-corrected chi connectivity index (χ2v) is 3.14. The SMILES string of the molecule is OC1(O)NC(Cl)=C(Cl)C=C1Cl. The molecule has 0 unspecified atom stereocenters. The van der Waals surface area contributed by atoms with Crippen LogP contribution in [0.3, 0.4) is 0 Å². The summed E-state index contributed by atoms with van der Waals surface area (Å²) in [7, 11) is 0. The molecule has 0 aromatic rings. The summed E-state index contributed by atoms with van der Waals surface area (Å²) in [5, 5.41) is 19.9. The maximum Gasteiger partial charge on any atom is 0.284 e. The predicted octanol–water partition coefficient (Wildman–Crippen LogP) is 0.997. The van der Waals surface area contributed by atoms with Gasteiger partial charge in [-0.15, -0.1) is 0 Å². The van der Waals surface area contributed by atoms with Gasteiger partial charge in [-0.05, 0) is 6.08 Å². The van der Waals surface area contributed by atoms with E-state index in [4.69, 9.17) is 45.0 Å². The average Bonchev–Trinajstić information content (AvgIpc) is 1.83. The first kappa shape index (κ1) is 9.16. The summed E-state index contributed by atoms with van der Waals surface area (Å²) in [6.45, 7) is 0. The molecular weight excluding hydrogens is 212 g/mol. The predicted molar refractivity (Wildman–Crippen MR) is 43.0 cm³/mol. The van der Waals surface area contributed by atoms with E-state index < -0.39 is 5.91 Å². The molecule has 1 rings (SSSR count). The van der Waals surface area contributed by atoms with Gasteiger partial charge >= 0.3 is 0 Å². The Labute approximate surface area is 77.9 Å². The van der Waals surface area contributed by atoms with Crippen LogP contribution in [0.25, 0.3) is 0 Å². The van der Waals surface area contributed by atoms with Crippen molar-refractivity contribution in [2.75, 3.05) is 0 Å². The van der Waals surface area contributed by atoms with E-state index in [1.165, 1.54) is 0 Å². The molecule has 1 aliphatic rings. The van der Waals surface area contributed by atoms with Crippen molar-refractivity contribution in [3.05, 3.63) is 21.3 Å². The van der Waals surface area contributed by atoms with Gasteiger partial charge in [0.05, 0.1) is 5.03 Å². The highest BCUT2D eigenvalue weighted by atomic mass is 35.5. The van der Waals surface area contributed by atoms with Gasteiger partial charge in [-0.2, -0.15) is 0 Å². The van der Waals surface area contributed by atoms with Gasteiger partial charge in [0.1, 0.15) is 10.2 Å². The molecule has 0 aromatic heterocycles. The third-order valence-corrected chi connectivity index (χ3v) is 2.15. The molecule has 0 aliphatic carbocycles. The number of hydrogen-bond donors (Lipinski definition) is 3. The Balaban J connectivity index is 3.01. The van der Waals surface area contributed by atoms with Gasteiger partial charge in [-0.1, -0.05) is 34.8 Å². The zero-order valence-corrected chi connectivity index (χ0v) is 7.37. The van der Waals surface area contributed by atoms with Crippen molar-refractivity contribution in [3.63, 3.8) is 0 Å². The van der Waals surface area contributed by atoms with Crippen molar-refractivity contribution < 1.29 is 10.2 Å². The van der Waals surface area contributed by atoms with E-state index in [1.54, 1.807) is 0 Å². The van der Waals surface area contributed by atoms with E-state index in [-0.39, 0.29) is 15.2 Å². The van der Waals surface area contributed by atoms with E-state index in [2.05, 4.69) is 5.32 Å². The van der Waals surface area contributed by atoms with Crippen LogP contribution in [0.15, 0.2) is 21.3 Å². The summed E-state index contributed by atoms with van der Waals surface area (Å²) in [5.74, 6) is -2.31. The number of hydrogen-bond acceptors (Lipinski definition) is 3. The topological polar surface area (TPSA) is 52.5 Å². The highest BCUT2D eigenvalue weighted by Gasteiger charge is 2.32. The van der Waals surface area contributed by atoms with Gasteiger partial charge in [0.25, 0.3) is 5.91 Å². The van der Waals surface area contributed by atoms with Crippen molar-refractivity contribution in [2.45, 2.75) is 5.91 Å². The Kier molecular flexibility index (Phi) is 2.37. The smallest absolute Gasteiger partial charge is 0.284 e. The molecule has 0 aromatic carbocycles. The van der Waals surface area contributed by atoms with E-state index in [0.29, 0.717) is 0 Å². The monoisotopic (exact) mass is 215 g/mol. The lowest BCUT2D eigenvalue weighted by Gasteiger charge is -2.26. The number of aliphatic hydroxyl groups is 2. The zero-order valence-electron chi connectivity index (χ0n) is 5.11. The Morgan fingerprint density at radius 2 is 1.82 bits per heavy atom. The summed E-state index contributed by atoms with van der Waals surface area (Å²) < 4.78 is 0. The first-order valence-electron chi connectivity index (χ1n) is 2.59. The van der Waals surface area contributed by atoms with Crippen LogP contribution in [0.4, 0.5) is 0 Å². The van der Waals surface area contributed by atoms with E-state index >= 15 is 0 Å². The average molecular weight is 216 g/mol. The molecular formula is C5H4Cl3NO2. The van der Waals surface area contributed by atoms with Crippen LogP contribution in [-0.4, -0.2) is 16.1 Å². The molecule has 3 nitrogen and oxygen atoms in total. The summed E-state index contributed by atoms with van der Waals surface area (Å²) in [6.07, 6.45) is 1.15. The number of dihydropyridines is 1. The Morgan fingerprint density at radius 1 is 1.27 bits per heavy atom. The molecule has 3 N–H and O–H groups in total. The lowest BCUT2D eigenvalue weighted by atomic mass is 10.3. The number of halogens is 3.